The molecule has 3 rings (SSSR count). The zero-order valence-electron chi connectivity index (χ0n) is 14.1. The van der Waals surface area contributed by atoms with Crippen molar-refractivity contribution in [2.45, 2.75) is 31.4 Å². The Morgan fingerprint density at radius 1 is 1.38 bits per heavy atom. The molecule has 2 atom stereocenters. The third-order valence-electron chi connectivity index (χ3n) is 4.22. The van der Waals surface area contributed by atoms with Gasteiger partial charge in [0, 0.05) is 29.2 Å². The lowest BCUT2D eigenvalue weighted by Crippen LogP contribution is -2.21. The van der Waals surface area contributed by atoms with E-state index < -0.39 is 5.97 Å². The van der Waals surface area contributed by atoms with Crippen LogP contribution in [0.2, 0.25) is 0 Å². The van der Waals surface area contributed by atoms with E-state index in [-0.39, 0.29) is 10.6 Å². The fraction of sp³-hybridized carbons (Fsp3) is 0.389. The Hall–Kier alpha value is -1.92. The maximum Gasteiger partial charge on any atom is 0.318 e. The number of thioether (sulfide) groups is 1. The van der Waals surface area contributed by atoms with Gasteiger partial charge in [-0.3, -0.25) is 10.1 Å². The smallest absolute Gasteiger partial charge is 0.318 e. The maximum atomic E-state index is 11.2. The number of benzene rings is 1. The molecule has 1 aliphatic rings. The average molecular weight is 346 g/mol. The molecule has 128 valence electrons. The van der Waals surface area contributed by atoms with Gasteiger partial charge in [-0.25, -0.2) is 0 Å². The first-order chi connectivity index (χ1) is 11.5. The molecule has 1 fully saturated rings. The van der Waals surface area contributed by atoms with Crippen molar-refractivity contribution in [1.82, 2.24) is 9.88 Å². The number of hydrogen-bond acceptors (Lipinski definition) is 4. The first kappa shape index (κ1) is 16.9. The number of carboxylic acids is 1. The summed E-state index contributed by atoms with van der Waals surface area (Å²) in [7, 11) is 0. The van der Waals surface area contributed by atoms with Gasteiger partial charge in [0.2, 0.25) is 0 Å². The Morgan fingerprint density at radius 3 is 2.67 bits per heavy atom. The average Bonchev–Trinajstić information content (AvgIpc) is 3.14. The third-order valence-corrected chi connectivity index (χ3v) is 5.61. The van der Waals surface area contributed by atoms with Crippen LogP contribution in [0.3, 0.4) is 0 Å². The number of aryl methyl sites for hydroxylation is 1. The van der Waals surface area contributed by atoms with Crippen LogP contribution in [-0.4, -0.2) is 34.0 Å². The first-order valence-corrected chi connectivity index (χ1v) is 8.99. The minimum absolute atomic E-state index is 0.0220. The van der Waals surface area contributed by atoms with E-state index in [0.29, 0.717) is 13.2 Å². The molecule has 5 nitrogen and oxygen atoms in total. The fourth-order valence-electron chi connectivity index (χ4n) is 3.11. The summed E-state index contributed by atoms with van der Waals surface area (Å²) < 4.78 is 7.70. The number of ether oxygens (including phenoxy) is 1. The lowest BCUT2D eigenvalue weighted by atomic mass is 10.2. The summed E-state index contributed by atoms with van der Waals surface area (Å²) in [5.74, 6) is 0.108. The standard InChI is InChI=1S/C18H22N2O3S/c1-4-23-14-7-5-13(6-8-14)20-11(2)9-15(12(20)3)17-19-10-16(24-17)18(21)22/h5-9,16-17,19H,4,10H2,1-3H3,(H,21,22)/t16-,17+/m0/s1. The molecule has 0 amide bonds. The monoisotopic (exact) mass is 346 g/mol. The largest absolute Gasteiger partial charge is 0.494 e. The van der Waals surface area contributed by atoms with Crippen LogP contribution in [0.15, 0.2) is 30.3 Å². The molecule has 1 aliphatic heterocycles. The second-order valence-corrected chi connectivity index (χ2v) is 7.15. The molecule has 0 aliphatic carbocycles. The molecule has 2 aromatic rings. The van der Waals surface area contributed by atoms with Crippen LogP contribution in [0.1, 0.15) is 29.2 Å². The fourth-order valence-corrected chi connectivity index (χ4v) is 4.33. The van der Waals surface area contributed by atoms with Crippen molar-refractivity contribution < 1.29 is 14.6 Å². The number of carboxylic acid groups (broad SMARTS) is 1. The van der Waals surface area contributed by atoms with E-state index in [0.717, 1.165) is 28.4 Å². The van der Waals surface area contributed by atoms with Crippen LogP contribution in [0.5, 0.6) is 5.75 Å². The van der Waals surface area contributed by atoms with Gasteiger partial charge in [-0.2, -0.15) is 0 Å². The highest BCUT2D eigenvalue weighted by Gasteiger charge is 2.32. The van der Waals surface area contributed by atoms with Crippen LogP contribution in [0.25, 0.3) is 5.69 Å². The topological polar surface area (TPSA) is 63.5 Å². The quantitative estimate of drug-likeness (QED) is 0.870. The minimum Gasteiger partial charge on any atom is -0.494 e. The van der Waals surface area contributed by atoms with Gasteiger partial charge < -0.3 is 14.4 Å². The summed E-state index contributed by atoms with van der Waals surface area (Å²) in [5.41, 5.74) is 4.49. The van der Waals surface area contributed by atoms with Crippen molar-refractivity contribution in [1.29, 1.82) is 0 Å². The predicted octanol–water partition coefficient (Wildman–Crippen LogP) is 3.28. The zero-order chi connectivity index (χ0) is 17.3. The molecule has 0 saturated carbocycles. The van der Waals surface area contributed by atoms with Gasteiger partial charge >= 0.3 is 5.97 Å². The molecule has 2 N–H and O–H groups in total. The molecule has 0 radical (unpaired) electrons. The number of aromatic nitrogens is 1. The van der Waals surface area contributed by atoms with E-state index in [2.05, 4.69) is 29.8 Å². The molecule has 1 aromatic carbocycles. The van der Waals surface area contributed by atoms with Crippen molar-refractivity contribution in [3.05, 3.63) is 47.3 Å². The summed E-state index contributed by atoms with van der Waals surface area (Å²) in [5, 5.41) is 12.1. The van der Waals surface area contributed by atoms with Gasteiger partial charge in [0.25, 0.3) is 0 Å². The molecule has 1 aromatic heterocycles. The van der Waals surface area contributed by atoms with Crippen molar-refractivity contribution in [3.63, 3.8) is 0 Å². The molecular weight excluding hydrogens is 324 g/mol. The SMILES string of the molecule is CCOc1ccc(-n2c(C)cc([C@@H]3NC[C@@H](C(=O)O)S3)c2C)cc1. The lowest BCUT2D eigenvalue weighted by Gasteiger charge is -2.13. The molecule has 24 heavy (non-hydrogen) atoms. The van der Waals surface area contributed by atoms with Crippen LogP contribution in [0.4, 0.5) is 0 Å². The van der Waals surface area contributed by atoms with Gasteiger partial charge in [-0.05, 0) is 51.1 Å². The van der Waals surface area contributed by atoms with Crippen LogP contribution >= 0.6 is 11.8 Å². The molecule has 0 bridgehead atoms. The molecule has 1 saturated heterocycles. The van der Waals surface area contributed by atoms with E-state index in [1.165, 1.54) is 11.8 Å². The maximum absolute atomic E-state index is 11.2. The van der Waals surface area contributed by atoms with E-state index >= 15 is 0 Å². The highest BCUT2D eigenvalue weighted by molar-refractivity contribution is 8.01. The summed E-state index contributed by atoms with van der Waals surface area (Å²) >= 11 is 1.47. The van der Waals surface area contributed by atoms with Crippen LogP contribution in [-0.2, 0) is 4.79 Å². The Bertz CT molecular complexity index is 739. The Kier molecular flexibility index (Phi) is 4.87. The molecule has 0 spiro atoms. The Balaban J connectivity index is 1.88. The second kappa shape index (κ2) is 6.91. The first-order valence-electron chi connectivity index (χ1n) is 8.05. The Labute approximate surface area is 146 Å². The van der Waals surface area contributed by atoms with Gasteiger partial charge in [-0.15, -0.1) is 11.8 Å². The van der Waals surface area contributed by atoms with E-state index in [4.69, 9.17) is 4.74 Å². The van der Waals surface area contributed by atoms with Crippen molar-refractivity contribution >= 4 is 17.7 Å². The predicted molar refractivity (Wildman–Crippen MR) is 96.2 cm³/mol. The van der Waals surface area contributed by atoms with Gasteiger partial charge in [0.15, 0.2) is 0 Å². The third kappa shape index (κ3) is 3.16. The summed E-state index contributed by atoms with van der Waals surface area (Å²) in [6.07, 6.45) is 0. The molecule has 6 heteroatoms. The van der Waals surface area contributed by atoms with E-state index in [9.17, 15) is 9.90 Å². The summed E-state index contributed by atoms with van der Waals surface area (Å²) in [4.78, 5) is 11.2. The molecule has 0 unspecified atom stereocenters. The van der Waals surface area contributed by atoms with E-state index in [1.807, 2.05) is 31.2 Å². The van der Waals surface area contributed by atoms with E-state index in [1.54, 1.807) is 0 Å². The van der Waals surface area contributed by atoms with Gasteiger partial charge in [-0.1, -0.05) is 0 Å². The molecule has 2 heterocycles. The Morgan fingerprint density at radius 2 is 2.08 bits per heavy atom. The number of aliphatic carboxylic acids is 1. The highest BCUT2D eigenvalue weighted by atomic mass is 32.2. The van der Waals surface area contributed by atoms with Crippen LogP contribution in [0, 0.1) is 13.8 Å². The summed E-state index contributed by atoms with van der Waals surface area (Å²) in [6, 6.07) is 10.2. The number of rotatable bonds is 5. The molecular formula is C18H22N2O3S. The van der Waals surface area contributed by atoms with Gasteiger partial charge in [0.1, 0.15) is 11.0 Å². The van der Waals surface area contributed by atoms with Crippen molar-refractivity contribution in [2.24, 2.45) is 0 Å². The van der Waals surface area contributed by atoms with Crippen molar-refractivity contribution in [2.75, 3.05) is 13.2 Å². The lowest BCUT2D eigenvalue weighted by molar-refractivity contribution is -0.136. The van der Waals surface area contributed by atoms with Crippen LogP contribution < -0.4 is 10.1 Å². The second-order valence-electron chi connectivity index (χ2n) is 5.84. The highest BCUT2D eigenvalue weighted by Crippen LogP contribution is 2.38. The van der Waals surface area contributed by atoms with Crippen molar-refractivity contribution in [3.8, 4) is 11.4 Å². The number of carbonyl (C=O) groups is 1. The minimum atomic E-state index is -0.754. The van der Waals surface area contributed by atoms with Gasteiger partial charge in [0.05, 0.1) is 12.0 Å². The normalized spacial score (nSPS) is 20.3. The number of nitrogens with one attached hydrogen (secondary N) is 1. The summed E-state index contributed by atoms with van der Waals surface area (Å²) in [6.45, 7) is 7.27. The number of hydrogen-bond donors (Lipinski definition) is 2. The number of nitrogens with zero attached hydrogens (tertiary/aromatic N) is 1. The zero-order valence-corrected chi connectivity index (χ0v) is 14.9.